The van der Waals surface area contributed by atoms with E-state index in [2.05, 4.69) is 41.6 Å². The van der Waals surface area contributed by atoms with Gasteiger partial charge in [-0.25, -0.2) is 0 Å². The van der Waals surface area contributed by atoms with Crippen LogP contribution < -0.4 is 5.32 Å². The number of aromatic nitrogens is 2. The summed E-state index contributed by atoms with van der Waals surface area (Å²) >= 11 is 0. The first kappa shape index (κ1) is 10.8. The Bertz CT molecular complexity index is 537. The smallest absolute Gasteiger partial charge is 0.0841 e. The molecule has 0 radical (unpaired) electrons. The Labute approximate surface area is 102 Å². The lowest BCUT2D eigenvalue weighted by molar-refractivity contribution is 0.496. The third kappa shape index (κ3) is 2.07. The van der Waals surface area contributed by atoms with Crippen LogP contribution in [-0.4, -0.2) is 16.3 Å². The highest BCUT2D eigenvalue weighted by Gasteiger charge is 2.36. The topological polar surface area (TPSA) is 29.9 Å². The van der Waals surface area contributed by atoms with Gasteiger partial charge in [0.1, 0.15) is 0 Å². The number of aryl methyl sites for hydroxylation is 1. The lowest BCUT2D eigenvalue weighted by Crippen LogP contribution is -2.21. The zero-order valence-corrected chi connectivity index (χ0v) is 10.5. The van der Waals surface area contributed by atoms with Gasteiger partial charge in [-0.3, -0.25) is 4.68 Å². The van der Waals surface area contributed by atoms with Crippen LogP contribution >= 0.6 is 0 Å². The van der Waals surface area contributed by atoms with Crippen LogP contribution in [0.25, 0.3) is 10.9 Å². The number of rotatable bonds is 4. The van der Waals surface area contributed by atoms with Crippen molar-refractivity contribution in [1.82, 2.24) is 15.1 Å². The average molecular weight is 229 g/mol. The van der Waals surface area contributed by atoms with Gasteiger partial charge in [0.15, 0.2) is 0 Å². The third-order valence-corrected chi connectivity index (χ3v) is 3.78. The molecular weight excluding hydrogens is 210 g/mol. The lowest BCUT2D eigenvalue weighted by atomic mass is 10.1. The summed E-state index contributed by atoms with van der Waals surface area (Å²) in [5, 5.41) is 9.38. The first-order valence-corrected chi connectivity index (χ1v) is 6.29. The number of benzene rings is 1. The van der Waals surface area contributed by atoms with Gasteiger partial charge in [0.2, 0.25) is 0 Å². The van der Waals surface area contributed by atoms with Crippen molar-refractivity contribution in [2.45, 2.75) is 26.3 Å². The summed E-state index contributed by atoms with van der Waals surface area (Å²) in [6.45, 7) is 4.32. The molecule has 0 saturated heterocycles. The van der Waals surface area contributed by atoms with Crippen LogP contribution in [0.15, 0.2) is 24.3 Å². The molecule has 2 aromatic rings. The summed E-state index contributed by atoms with van der Waals surface area (Å²) in [5.74, 6) is 0. The highest BCUT2D eigenvalue weighted by Crippen LogP contribution is 2.44. The van der Waals surface area contributed by atoms with Crippen LogP contribution in [0.2, 0.25) is 0 Å². The first-order valence-electron chi connectivity index (χ1n) is 6.29. The van der Waals surface area contributed by atoms with Crippen molar-refractivity contribution in [1.29, 1.82) is 0 Å². The van der Waals surface area contributed by atoms with Gasteiger partial charge in [-0.2, -0.15) is 5.10 Å². The average Bonchev–Trinajstić information content (AvgIpc) is 2.97. The molecule has 1 aromatic carbocycles. The molecule has 3 heteroatoms. The molecule has 0 unspecified atom stereocenters. The minimum Gasteiger partial charge on any atom is -0.311 e. The van der Waals surface area contributed by atoms with Crippen molar-refractivity contribution < 1.29 is 0 Å². The molecule has 0 spiro atoms. The van der Waals surface area contributed by atoms with Gasteiger partial charge in [0, 0.05) is 25.5 Å². The summed E-state index contributed by atoms with van der Waals surface area (Å²) in [6, 6.07) is 8.41. The molecule has 0 amide bonds. The molecule has 3 nitrogen and oxygen atoms in total. The van der Waals surface area contributed by atoms with Crippen LogP contribution in [0.3, 0.4) is 0 Å². The van der Waals surface area contributed by atoms with Crippen LogP contribution in [0.4, 0.5) is 0 Å². The number of nitrogens with zero attached hydrogens (tertiary/aromatic N) is 2. The van der Waals surface area contributed by atoms with E-state index >= 15 is 0 Å². The predicted molar refractivity (Wildman–Crippen MR) is 69.8 cm³/mol. The van der Waals surface area contributed by atoms with E-state index in [1.54, 1.807) is 0 Å². The molecule has 1 fully saturated rings. The number of para-hydroxylation sites is 1. The molecule has 90 valence electrons. The number of fused-ring (bicyclic) bond motifs is 1. The molecule has 1 aromatic heterocycles. The van der Waals surface area contributed by atoms with E-state index in [1.165, 1.54) is 23.7 Å². The van der Waals surface area contributed by atoms with E-state index < -0.39 is 0 Å². The summed E-state index contributed by atoms with van der Waals surface area (Å²) in [5.41, 5.74) is 2.93. The molecule has 3 rings (SSSR count). The maximum atomic E-state index is 4.58. The minimum atomic E-state index is 0.560. The fraction of sp³-hybridized carbons (Fsp3) is 0.500. The maximum absolute atomic E-state index is 4.58. The Hall–Kier alpha value is -1.35. The summed E-state index contributed by atoms with van der Waals surface area (Å²) in [7, 11) is 2.01. The Morgan fingerprint density at radius 3 is 2.88 bits per heavy atom. The summed E-state index contributed by atoms with van der Waals surface area (Å²) < 4.78 is 1.96. The van der Waals surface area contributed by atoms with Gasteiger partial charge < -0.3 is 5.32 Å². The van der Waals surface area contributed by atoms with Crippen LogP contribution in [0.5, 0.6) is 0 Å². The Balaban J connectivity index is 1.76. The van der Waals surface area contributed by atoms with E-state index in [1.807, 2.05) is 11.7 Å². The van der Waals surface area contributed by atoms with Gasteiger partial charge in [-0.05, 0) is 24.3 Å². The second-order valence-corrected chi connectivity index (χ2v) is 5.50. The lowest BCUT2D eigenvalue weighted by Gasteiger charge is -2.08. The van der Waals surface area contributed by atoms with E-state index in [9.17, 15) is 0 Å². The van der Waals surface area contributed by atoms with Crippen molar-refractivity contribution in [2.24, 2.45) is 12.5 Å². The van der Waals surface area contributed by atoms with Crippen molar-refractivity contribution in [3.8, 4) is 0 Å². The van der Waals surface area contributed by atoms with Gasteiger partial charge in [-0.15, -0.1) is 0 Å². The van der Waals surface area contributed by atoms with Crippen molar-refractivity contribution in [2.75, 3.05) is 6.54 Å². The predicted octanol–water partition coefficient (Wildman–Crippen LogP) is 2.46. The van der Waals surface area contributed by atoms with Crippen molar-refractivity contribution >= 4 is 10.9 Å². The molecular formula is C14H19N3. The monoisotopic (exact) mass is 229 g/mol. The number of nitrogens with one attached hydrogen (secondary N) is 1. The van der Waals surface area contributed by atoms with E-state index in [0.29, 0.717) is 5.41 Å². The quantitative estimate of drug-likeness (QED) is 0.872. The second kappa shape index (κ2) is 3.84. The Morgan fingerprint density at radius 2 is 2.12 bits per heavy atom. The molecule has 1 N–H and O–H groups in total. The zero-order valence-electron chi connectivity index (χ0n) is 10.5. The first-order chi connectivity index (χ1) is 8.18. The van der Waals surface area contributed by atoms with Crippen LogP contribution in [-0.2, 0) is 13.6 Å². The highest BCUT2D eigenvalue weighted by molar-refractivity contribution is 5.81. The maximum Gasteiger partial charge on any atom is 0.0841 e. The molecule has 0 aliphatic heterocycles. The molecule has 1 heterocycles. The summed E-state index contributed by atoms with van der Waals surface area (Å²) in [6.07, 6.45) is 2.73. The minimum absolute atomic E-state index is 0.560. The van der Waals surface area contributed by atoms with Crippen LogP contribution in [0, 0.1) is 5.41 Å². The second-order valence-electron chi connectivity index (χ2n) is 5.50. The van der Waals surface area contributed by atoms with Gasteiger partial charge in [-0.1, -0.05) is 25.1 Å². The van der Waals surface area contributed by atoms with Crippen molar-refractivity contribution in [3.63, 3.8) is 0 Å². The largest absolute Gasteiger partial charge is 0.311 e. The SMILES string of the molecule is Cn1nc(CNCC2(C)CC2)c2ccccc21. The fourth-order valence-corrected chi connectivity index (χ4v) is 2.29. The Kier molecular flexibility index (Phi) is 2.44. The molecule has 0 atom stereocenters. The number of hydrogen-bond acceptors (Lipinski definition) is 2. The zero-order chi connectivity index (χ0) is 11.9. The van der Waals surface area contributed by atoms with E-state index in [-0.39, 0.29) is 0 Å². The number of hydrogen-bond donors (Lipinski definition) is 1. The third-order valence-electron chi connectivity index (χ3n) is 3.78. The molecule has 1 aliphatic rings. The van der Waals surface area contributed by atoms with Gasteiger partial charge in [0.05, 0.1) is 11.2 Å². The standard InChI is InChI=1S/C14H19N3/c1-14(7-8-14)10-15-9-12-11-5-3-4-6-13(11)17(2)16-12/h3-6,15H,7-10H2,1-2H3. The fourth-order valence-electron chi connectivity index (χ4n) is 2.29. The molecule has 1 saturated carbocycles. The normalized spacial score (nSPS) is 17.5. The molecule has 0 bridgehead atoms. The van der Waals surface area contributed by atoms with Gasteiger partial charge in [0.25, 0.3) is 0 Å². The van der Waals surface area contributed by atoms with Crippen LogP contribution in [0.1, 0.15) is 25.5 Å². The van der Waals surface area contributed by atoms with E-state index in [4.69, 9.17) is 0 Å². The van der Waals surface area contributed by atoms with E-state index in [0.717, 1.165) is 18.8 Å². The molecule has 1 aliphatic carbocycles. The van der Waals surface area contributed by atoms with Gasteiger partial charge >= 0.3 is 0 Å². The molecule has 17 heavy (non-hydrogen) atoms. The highest BCUT2D eigenvalue weighted by atomic mass is 15.3. The Morgan fingerprint density at radius 1 is 1.35 bits per heavy atom. The summed E-state index contributed by atoms with van der Waals surface area (Å²) in [4.78, 5) is 0. The van der Waals surface area contributed by atoms with Crippen molar-refractivity contribution in [3.05, 3.63) is 30.0 Å².